The lowest BCUT2D eigenvalue weighted by Crippen LogP contribution is -2.23. The second kappa shape index (κ2) is 6.31. The molecule has 7 heteroatoms. The van der Waals surface area contributed by atoms with E-state index in [0.717, 1.165) is 0 Å². The van der Waals surface area contributed by atoms with Gasteiger partial charge in [0.2, 0.25) is 0 Å². The molecule has 19 heavy (non-hydrogen) atoms. The van der Waals surface area contributed by atoms with Crippen LogP contribution in [0.2, 0.25) is 0 Å². The average molecular weight is 283 g/mol. The van der Waals surface area contributed by atoms with Crippen LogP contribution in [0.4, 0.5) is 0 Å². The maximum Gasteiger partial charge on any atom is 0.332 e. The van der Waals surface area contributed by atoms with Crippen molar-refractivity contribution in [2.75, 3.05) is 12.4 Å². The van der Waals surface area contributed by atoms with Crippen molar-refractivity contribution in [1.82, 2.24) is 0 Å². The van der Waals surface area contributed by atoms with Crippen molar-refractivity contribution in [3.63, 3.8) is 0 Å². The van der Waals surface area contributed by atoms with Crippen molar-refractivity contribution in [1.29, 1.82) is 5.26 Å². The van der Waals surface area contributed by atoms with Crippen molar-refractivity contribution in [2.24, 2.45) is 0 Å². The molecular formula is C12H13NO5S. The van der Waals surface area contributed by atoms with E-state index in [4.69, 9.17) is 15.1 Å². The molecule has 1 aromatic rings. The Labute approximate surface area is 111 Å². The molecule has 1 atom stereocenters. The maximum atomic E-state index is 11.9. The number of carboxylic acid groups (broad SMARTS) is 1. The summed E-state index contributed by atoms with van der Waals surface area (Å²) in [6, 6.07) is 7.40. The minimum atomic E-state index is -3.53. The zero-order chi connectivity index (χ0) is 14.5. The van der Waals surface area contributed by atoms with E-state index in [1.54, 1.807) is 0 Å². The first kappa shape index (κ1) is 15.1. The van der Waals surface area contributed by atoms with Gasteiger partial charge in [-0.25, -0.2) is 13.2 Å². The van der Waals surface area contributed by atoms with E-state index in [9.17, 15) is 13.2 Å². The summed E-state index contributed by atoms with van der Waals surface area (Å²) in [6.45, 7) is 1.13. The van der Waals surface area contributed by atoms with Crippen LogP contribution in [0.3, 0.4) is 0 Å². The number of sulfone groups is 1. The highest BCUT2D eigenvalue weighted by atomic mass is 32.2. The number of nitrogens with zero attached hydrogens (tertiary/aromatic N) is 1. The smallest absolute Gasteiger partial charge is 0.332 e. The molecule has 0 aliphatic carbocycles. The van der Waals surface area contributed by atoms with E-state index in [0.29, 0.717) is 5.56 Å². The predicted octanol–water partition coefficient (Wildman–Crippen LogP) is 0.822. The van der Waals surface area contributed by atoms with E-state index < -0.39 is 21.9 Å². The molecule has 0 aliphatic rings. The number of hydrogen-bond donors (Lipinski definition) is 1. The number of carboxylic acids is 1. The van der Waals surface area contributed by atoms with Crippen LogP contribution >= 0.6 is 0 Å². The van der Waals surface area contributed by atoms with E-state index in [1.165, 1.54) is 31.2 Å². The number of carbonyl (C=O) groups is 1. The van der Waals surface area contributed by atoms with Crippen molar-refractivity contribution in [2.45, 2.75) is 17.9 Å². The fourth-order valence-electron chi connectivity index (χ4n) is 1.26. The number of nitriles is 1. The predicted molar refractivity (Wildman–Crippen MR) is 66.3 cm³/mol. The van der Waals surface area contributed by atoms with Gasteiger partial charge in [-0.1, -0.05) is 0 Å². The van der Waals surface area contributed by atoms with E-state index in [2.05, 4.69) is 0 Å². The molecule has 0 aliphatic heterocycles. The van der Waals surface area contributed by atoms with E-state index in [-0.39, 0.29) is 17.3 Å². The van der Waals surface area contributed by atoms with Crippen LogP contribution in [-0.4, -0.2) is 38.0 Å². The monoisotopic (exact) mass is 283 g/mol. The van der Waals surface area contributed by atoms with Crippen molar-refractivity contribution >= 4 is 15.8 Å². The molecule has 0 bridgehead atoms. The highest BCUT2D eigenvalue weighted by Crippen LogP contribution is 2.12. The lowest BCUT2D eigenvalue weighted by molar-refractivity contribution is -0.148. The number of rotatable bonds is 6. The Kier molecular flexibility index (Phi) is 5.03. The van der Waals surface area contributed by atoms with Gasteiger partial charge in [0.25, 0.3) is 0 Å². The minimum Gasteiger partial charge on any atom is -0.479 e. The van der Waals surface area contributed by atoms with Crippen molar-refractivity contribution in [3.05, 3.63) is 29.8 Å². The summed E-state index contributed by atoms with van der Waals surface area (Å²) < 4.78 is 28.6. The Balaban J connectivity index is 2.66. The third-order valence-corrected chi connectivity index (χ3v) is 4.10. The summed E-state index contributed by atoms with van der Waals surface area (Å²) in [4.78, 5) is 10.6. The van der Waals surface area contributed by atoms with Crippen LogP contribution in [-0.2, 0) is 19.4 Å². The van der Waals surface area contributed by atoms with Gasteiger partial charge in [0.05, 0.1) is 28.9 Å². The molecular weight excluding hydrogens is 270 g/mol. The van der Waals surface area contributed by atoms with Crippen molar-refractivity contribution in [3.8, 4) is 6.07 Å². The molecule has 1 unspecified atom stereocenters. The third kappa shape index (κ3) is 4.35. The van der Waals surface area contributed by atoms with Crippen LogP contribution in [0.1, 0.15) is 12.5 Å². The van der Waals surface area contributed by atoms with E-state index in [1.807, 2.05) is 6.07 Å². The number of benzene rings is 1. The SMILES string of the molecule is CC(OCCS(=O)(=O)c1ccc(C#N)cc1)C(=O)O. The zero-order valence-electron chi connectivity index (χ0n) is 10.2. The molecule has 0 fully saturated rings. The van der Waals surface area contributed by atoms with Crippen LogP contribution < -0.4 is 0 Å². The second-order valence-corrected chi connectivity index (χ2v) is 5.92. The fraction of sp³-hybridized carbons (Fsp3) is 0.333. The van der Waals surface area contributed by atoms with Gasteiger partial charge < -0.3 is 9.84 Å². The Morgan fingerprint density at radius 2 is 2.00 bits per heavy atom. The summed E-state index contributed by atoms with van der Waals surface area (Å²) >= 11 is 0. The van der Waals surface area contributed by atoms with Crippen LogP contribution in [0.15, 0.2) is 29.2 Å². The second-order valence-electron chi connectivity index (χ2n) is 3.81. The largest absolute Gasteiger partial charge is 0.479 e. The Morgan fingerprint density at radius 3 is 2.47 bits per heavy atom. The highest BCUT2D eigenvalue weighted by Gasteiger charge is 2.17. The summed E-state index contributed by atoms with van der Waals surface area (Å²) in [5.74, 6) is -1.45. The Morgan fingerprint density at radius 1 is 1.42 bits per heavy atom. The first-order valence-electron chi connectivity index (χ1n) is 5.44. The van der Waals surface area contributed by atoms with Gasteiger partial charge in [0.1, 0.15) is 0 Å². The van der Waals surface area contributed by atoms with Gasteiger partial charge in [-0.2, -0.15) is 5.26 Å². The van der Waals surface area contributed by atoms with Crippen LogP contribution in [0, 0.1) is 11.3 Å². The molecule has 1 aromatic carbocycles. The van der Waals surface area contributed by atoms with Gasteiger partial charge >= 0.3 is 5.97 Å². The standard InChI is InChI=1S/C12H13NO5S/c1-9(12(14)15)18-6-7-19(16,17)11-4-2-10(8-13)3-5-11/h2-5,9H,6-7H2,1H3,(H,14,15). The van der Waals surface area contributed by atoms with Crippen molar-refractivity contribution < 1.29 is 23.1 Å². The molecule has 0 saturated carbocycles. The van der Waals surface area contributed by atoms with Gasteiger partial charge in [0, 0.05) is 0 Å². The molecule has 1 N–H and O–H groups in total. The zero-order valence-corrected chi connectivity index (χ0v) is 11.1. The summed E-state index contributed by atoms with van der Waals surface area (Å²) in [5.41, 5.74) is 0.370. The lowest BCUT2D eigenvalue weighted by Gasteiger charge is -2.08. The number of hydrogen-bond acceptors (Lipinski definition) is 5. The molecule has 102 valence electrons. The molecule has 0 spiro atoms. The first-order valence-corrected chi connectivity index (χ1v) is 7.09. The molecule has 0 saturated heterocycles. The molecule has 0 radical (unpaired) electrons. The minimum absolute atomic E-state index is 0.0816. The Bertz CT molecular complexity index is 586. The average Bonchev–Trinajstić information content (AvgIpc) is 2.38. The molecule has 0 heterocycles. The summed E-state index contributed by atoms with van der Waals surface area (Å²) in [7, 11) is -3.53. The maximum absolute atomic E-state index is 11.9. The molecule has 0 amide bonds. The van der Waals surface area contributed by atoms with Gasteiger partial charge in [-0.15, -0.1) is 0 Å². The lowest BCUT2D eigenvalue weighted by atomic mass is 10.2. The molecule has 1 rings (SSSR count). The highest BCUT2D eigenvalue weighted by molar-refractivity contribution is 7.91. The normalized spacial score (nSPS) is 12.6. The van der Waals surface area contributed by atoms with Crippen LogP contribution in [0.5, 0.6) is 0 Å². The van der Waals surface area contributed by atoms with E-state index >= 15 is 0 Å². The summed E-state index contributed by atoms with van der Waals surface area (Å²) in [6.07, 6.45) is -1.05. The third-order valence-electron chi connectivity index (χ3n) is 2.41. The van der Waals surface area contributed by atoms with Crippen LogP contribution in [0.25, 0.3) is 0 Å². The Hall–Kier alpha value is -1.91. The number of aliphatic carboxylic acids is 1. The number of ether oxygens (including phenoxy) is 1. The topological polar surface area (TPSA) is 104 Å². The first-order chi connectivity index (χ1) is 8.86. The molecule has 6 nitrogen and oxygen atoms in total. The molecule has 0 aromatic heterocycles. The van der Waals surface area contributed by atoms with Gasteiger partial charge in [0.15, 0.2) is 15.9 Å². The van der Waals surface area contributed by atoms with Gasteiger partial charge in [-0.3, -0.25) is 0 Å². The summed E-state index contributed by atoms with van der Waals surface area (Å²) in [5, 5.41) is 17.2. The quantitative estimate of drug-likeness (QED) is 0.828. The van der Waals surface area contributed by atoms with Gasteiger partial charge in [-0.05, 0) is 31.2 Å². The fourth-order valence-corrected chi connectivity index (χ4v) is 2.36.